The molecule has 32 heteroatoms. The lowest BCUT2D eigenvalue weighted by atomic mass is 9.84. The van der Waals surface area contributed by atoms with Gasteiger partial charge in [-0.1, -0.05) is 246 Å². The molecule has 12 aromatic rings. The number of β-amino-alcohol motifs (C(OH)–C–C–N with tert-alkyl or cyclic N) is 4. The Balaban J connectivity index is 0.000000136. The van der Waals surface area contributed by atoms with Crippen LogP contribution in [0.5, 0.6) is 0 Å². The predicted molar refractivity (Wildman–Crippen MR) is 567 cm³/mol. The fraction of sp³-hybridized carbons (Fsp3) is 0.424. The third kappa shape index (κ3) is 22.6. The number of aliphatic hydroxyl groups is 4. The summed E-state index contributed by atoms with van der Waals surface area (Å²) in [4.78, 5) is 62.2. The normalized spacial score (nSPS) is 24.2. The topological polar surface area (TPSA) is 355 Å². The highest BCUT2D eigenvalue weighted by atomic mass is 19.1. The molecule has 16 atom stereocenters. The van der Waals surface area contributed by atoms with E-state index in [1.54, 1.807) is 86.3 Å². The summed E-state index contributed by atoms with van der Waals surface area (Å²) in [6, 6.07) is 64.4. The second kappa shape index (κ2) is 44.6. The van der Waals surface area contributed by atoms with Gasteiger partial charge in [-0.3, -0.25) is 40.5 Å². The molecular weight excluding hydrogens is 1910 g/mol. The summed E-state index contributed by atoms with van der Waals surface area (Å²) in [6.07, 6.45) is 1.67. The first kappa shape index (κ1) is 107. The second-order valence-electron chi connectivity index (χ2n) is 43.6. The molecule has 4 fully saturated rings. The molecule has 0 spiro atoms. The van der Waals surface area contributed by atoms with Crippen molar-refractivity contribution in [1.82, 2.24) is 61.5 Å². The van der Waals surface area contributed by atoms with Crippen LogP contribution in [-0.2, 0) is 41.3 Å². The van der Waals surface area contributed by atoms with E-state index in [2.05, 4.69) is 91.8 Å². The average Bonchev–Trinajstić information content (AvgIpc) is 1.62. The fourth-order valence-corrected chi connectivity index (χ4v) is 22.7. The highest BCUT2D eigenvalue weighted by molar-refractivity contribution is 6.00. The number of hydrogen-bond acceptors (Lipinski definition) is 24. The van der Waals surface area contributed by atoms with E-state index in [1.807, 2.05) is 210 Å². The Kier molecular flexibility index (Phi) is 31.9. The summed E-state index contributed by atoms with van der Waals surface area (Å²) in [5.41, 5.74) is 23.9. The molecular formula is C118H136F4N16O12. The number of nitrogens with one attached hydrogen (secondary N) is 3. The van der Waals surface area contributed by atoms with Crippen molar-refractivity contribution in [1.29, 1.82) is 0 Å². The van der Waals surface area contributed by atoms with Gasteiger partial charge in [0.2, 0.25) is 23.6 Å². The van der Waals surface area contributed by atoms with Crippen molar-refractivity contribution in [2.75, 3.05) is 32.7 Å². The lowest BCUT2D eigenvalue weighted by molar-refractivity contribution is -0.135. The molecule has 788 valence electrons. The van der Waals surface area contributed by atoms with Crippen molar-refractivity contribution in [3.63, 3.8) is 0 Å². The van der Waals surface area contributed by atoms with Crippen LogP contribution in [0.25, 0.3) is 44.5 Å². The van der Waals surface area contributed by atoms with Gasteiger partial charge in [-0.2, -0.15) is 20.4 Å². The van der Waals surface area contributed by atoms with Gasteiger partial charge in [-0.15, -0.1) is 0 Å². The Morgan fingerprint density at radius 1 is 0.340 bits per heavy atom. The molecule has 0 bridgehead atoms. The molecule has 0 saturated carbocycles. The van der Waals surface area contributed by atoms with Crippen molar-refractivity contribution in [3.05, 3.63) is 310 Å². The minimum absolute atomic E-state index is 0.000108. The van der Waals surface area contributed by atoms with E-state index in [0.29, 0.717) is 103 Å². The van der Waals surface area contributed by atoms with Gasteiger partial charge >= 0.3 is 0 Å². The molecule has 4 amide bonds. The van der Waals surface area contributed by atoms with Crippen LogP contribution in [0.3, 0.4) is 0 Å². The number of carbonyl (C=O) groups is 4. The Bertz CT molecular complexity index is 6480. The van der Waals surface area contributed by atoms with Crippen LogP contribution in [0.2, 0.25) is 0 Å². The van der Waals surface area contributed by atoms with Crippen LogP contribution in [0.4, 0.5) is 17.6 Å². The maximum Gasteiger partial charge on any atom is 0.234 e. The molecule has 12 heterocycles. The minimum atomic E-state index is -0.618. The van der Waals surface area contributed by atoms with Crippen molar-refractivity contribution >= 4 is 46.5 Å². The number of nitrogens with zero attached hydrogens (tertiary/aromatic N) is 13. The number of carbonyl (C=O) groups excluding carboxylic acids is 4. The van der Waals surface area contributed by atoms with Gasteiger partial charge in [-0.05, 0) is 155 Å². The number of halogens is 4. The zero-order valence-electron chi connectivity index (χ0n) is 88.1. The standard InChI is InChI=1S/C31H37FN4O3.3C29H33FN4O3/c1-6-36-31(5,22-13-11-21(12-14-22)24-9-7-8-10-25(24)32)17-26(33-36)27-16-23(37)18-35(27)30(38)29(19(2)3)28-15-20(4)34-39-28;3*1-17(2)27(26-13-18(3)32-37-26)28(36)34-16-21(35)14-25(34)24-15-29(4,33-31-24)20-11-9-19(10-12-20)22-7-5-6-8-23(22)30/h7-15,19,23,27,29,37H,6,16-18H2,1-5H3;3*5-13,17,21,25,27,33,35H,14-16H2,1-4H3/t23-,27-,29-,31+;21-,25+,27?,29?;21-,25+,27-,29?;/m111./s1. The van der Waals surface area contributed by atoms with E-state index in [1.165, 1.54) is 24.3 Å². The molecule has 4 aromatic heterocycles. The number of aryl methyl sites for hydroxylation is 4. The minimum Gasteiger partial charge on any atom is -0.391 e. The average molecular weight is 2050 g/mol. The third-order valence-corrected chi connectivity index (χ3v) is 30.7. The van der Waals surface area contributed by atoms with E-state index in [-0.39, 0.29) is 121 Å². The summed E-state index contributed by atoms with van der Waals surface area (Å²) in [5.74, 6) is -1.09. The van der Waals surface area contributed by atoms with E-state index >= 15 is 0 Å². The highest BCUT2D eigenvalue weighted by Crippen LogP contribution is 2.47. The lowest BCUT2D eigenvalue weighted by Gasteiger charge is -2.34. The molecule has 7 N–H and O–H groups in total. The smallest absolute Gasteiger partial charge is 0.234 e. The van der Waals surface area contributed by atoms with Crippen LogP contribution in [0.1, 0.15) is 233 Å². The molecule has 7 unspecified atom stereocenters. The SMILES string of the molecule is CCN1N=C([C@H]2C[C@@H](O)CN2C(=O)[C@@H](c2cc(C)no2)C(C)C)C[C@@]1(C)c1ccc(-c2ccccc2F)cc1.Cc1cc(C(C(=O)N2CC(O)CC2C2=NNC(C)(c3ccc(-c4ccccc4F)cc3)C2)C(C)C)on1.Cc1cc(C(C(=O)N2C[C@H](O)C[C@H]2C2=NNC(C)(c3ccc(-c4ccccc4F)cc3)C2)C(C)C)on1.Cc1cc([C@H](C(=O)N2C[C@H](O)C[C@H]2C2=NNC(C)(c3ccc(-c4ccccc4F)cc3)C2)C(C)C)on1. The molecule has 4 saturated heterocycles. The van der Waals surface area contributed by atoms with Gasteiger partial charge in [-0.25, -0.2) is 17.6 Å². The zero-order valence-corrected chi connectivity index (χ0v) is 88.1. The summed E-state index contributed by atoms with van der Waals surface area (Å²) >= 11 is 0. The number of likely N-dealkylation sites (tertiary alicyclic amines) is 4. The monoisotopic (exact) mass is 2050 g/mol. The summed E-state index contributed by atoms with van der Waals surface area (Å²) in [6.45, 7) is 35.4. The quantitative estimate of drug-likeness (QED) is 0.0261. The number of aliphatic hydroxyl groups excluding tert-OH is 4. The van der Waals surface area contributed by atoms with Gasteiger partial charge in [0.15, 0.2) is 0 Å². The van der Waals surface area contributed by atoms with Gasteiger partial charge < -0.3 is 58.1 Å². The molecule has 8 aromatic carbocycles. The maximum atomic E-state index is 14.4. The van der Waals surface area contributed by atoms with Crippen molar-refractivity contribution < 1.29 is 75.3 Å². The Morgan fingerprint density at radius 3 is 0.780 bits per heavy atom. The van der Waals surface area contributed by atoms with Gasteiger partial charge in [0.05, 0.1) is 116 Å². The van der Waals surface area contributed by atoms with Crippen LogP contribution in [0, 0.1) is 74.6 Å². The van der Waals surface area contributed by atoms with Gasteiger partial charge in [0.25, 0.3) is 0 Å². The van der Waals surface area contributed by atoms with E-state index < -0.39 is 70.2 Å². The first-order valence-electron chi connectivity index (χ1n) is 52.0. The first-order chi connectivity index (χ1) is 71.6. The van der Waals surface area contributed by atoms with Crippen molar-refractivity contribution in [2.45, 2.75) is 263 Å². The molecule has 0 radical (unpaired) electrons. The number of hydrogen-bond donors (Lipinski definition) is 7. The molecule has 8 aliphatic heterocycles. The summed E-state index contributed by atoms with van der Waals surface area (Å²) in [5, 5.41) is 79.3. The van der Waals surface area contributed by atoms with E-state index in [9.17, 15) is 57.2 Å². The maximum absolute atomic E-state index is 14.4. The lowest BCUT2D eigenvalue weighted by Crippen LogP contribution is -2.44. The molecule has 150 heavy (non-hydrogen) atoms. The fourth-order valence-electron chi connectivity index (χ4n) is 22.7. The first-order valence-corrected chi connectivity index (χ1v) is 52.0. The van der Waals surface area contributed by atoms with Crippen molar-refractivity contribution in [3.8, 4) is 44.5 Å². The molecule has 28 nitrogen and oxygen atoms in total. The van der Waals surface area contributed by atoms with Crippen LogP contribution in [0.15, 0.2) is 257 Å². The number of aromatic nitrogens is 4. The molecule has 0 aliphatic carbocycles. The van der Waals surface area contributed by atoms with Gasteiger partial charge in [0.1, 0.15) is 70.0 Å². The number of benzene rings is 8. The van der Waals surface area contributed by atoms with Crippen LogP contribution >= 0.6 is 0 Å². The van der Waals surface area contributed by atoms with E-state index in [4.69, 9.17) is 23.2 Å². The highest BCUT2D eigenvalue weighted by Gasteiger charge is 2.53. The predicted octanol–water partition coefficient (Wildman–Crippen LogP) is 19.8. The number of rotatable bonds is 25. The zero-order chi connectivity index (χ0) is 107. The van der Waals surface area contributed by atoms with Crippen molar-refractivity contribution in [2.24, 2.45) is 44.1 Å². The number of amides is 4. The third-order valence-electron chi connectivity index (χ3n) is 30.7. The van der Waals surface area contributed by atoms with Crippen LogP contribution < -0.4 is 16.3 Å². The Labute approximate surface area is 872 Å². The molecule has 8 aliphatic rings. The second-order valence-corrected chi connectivity index (χ2v) is 43.6. The Morgan fingerprint density at radius 2 is 0.567 bits per heavy atom. The largest absolute Gasteiger partial charge is 0.391 e. The summed E-state index contributed by atoms with van der Waals surface area (Å²) < 4.78 is 79.0. The van der Waals surface area contributed by atoms with E-state index in [0.717, 1.165) is 90.1 Å². The number of hydrazone groups is 4. The molecule has 20 rings (SSSR count). The van der Waals surface area contributed by atoms with Crippen LogP contribution in [-0.4, -0.2) is 193 Å². The summed E-state index contributed by atoms with van der Waals surface area (Å²) in [7, 11) is 0. The Hall–Kier alpha value is -14.1. The van der Waals surface area contributed by atoms with Gasteiger partial charge in [0, 0.05) is 131 Å².